The third-order valence-corrected chi connectivity index (χ3v) is 5.15. The number of aromatic nitrogens is 2. The number of rotatable bonds is 4. The largest absolute Gasteiger partial charge is 0.433 e. The van der Waals surface area contributed by atoms with E-state index in [0.717, 1.165) is 4.68 Å². The average molecular weight is 325 g/mol. The van der Waals surface area contributed by atoms with E-state index in [9.17, 15) is 21.6 Å². The summed E-state index contributed by atoms with van der Waals surface area (Å²) in [7, 11) is -3.27. The minimum atomic E-state index is -4.56. The Morgan fingerprint density at radius 3 is 2.62 bits per heavy atom. The number of hydrogen-bond donors (Lipinski definition) is 1. The first-order valence-electron chi connectivity index (χ1n) is 6.67. The van der Waals surface area contributed by atoms with E-state index in [0.29, 0.717) is 0 Å². The van der Waals surface area contributed by atoms with Gasteiger partial charge < -0.3 is 5.32 Å². The zero-order chi connectivity index (χ0) is 15.8. The molecule has 1 saturated heterocycles. The Balaban J connectivity index is 2.34. The highest BCUT2D eigenvalue weighted by atomic mass is 32.2. The van der Waals surface area contributed by atoms with Gasteiger partial charge in [-0.1, -0.05) is 13.8 Å². The second-order valence-corrected chi connectivity index (χ2v) is 7.78. The van der Waals surface area contributed by atoms with Gasteiger partial charge in [0.25, 0.3) is 0 Å². The molecule has 0 spiro atoms. The van der Waals surface area contributed by atoms with Gasteiger partial charge in [0.2, 0.25) is 0 Å². The fourth-order valence-electron chi connectivity index (χ4n) is 2.40. The third-order valence-electron chi connectivity index (χ3n) is 3.39. The topological polar surface area (TPSA) is 64.0 Å². The third kappa shape index (κ3) is 3.76. The maximum absolute atomic E-state index is 13.3. The van der Waals surface area contributed by atoms with Crippen LogP contribution in [0.4, 0.5) is 13.2 Å². The lowest BCUT2D eigenvalue weighted by atomic mass is 10.2. The van der Waals surface area contributed by atoms with E-state index < -0.39 is 27.7 Å². The maximum atomic E-state index is 13.3. The number of nitrogens with zero attached hydrogens (tertiary/aromatic N) is 2. The monoisotopic (exact) mass is 325 g/mol. The summed E-state index contributed by atoms with van der Waals surface area (Å²) in [5.74, 6) is -0.372. The van der Waals surface area contributed by atoms with E-state index in [1.807, 2.05) is 13.8 Å². The van der Waals surface area contributed by atoms with Crippen molar-refractivity contribution in [2.45, 2.75) is 45.1 Å². The van der Waals surface area contributed by atoms with Crippen molar-refractivity contribution in [3.63, 3.8) is 0 Å². The summed E-state index contributed by atoms with van der Waals surface area (Å²) < 4.78 is 63.6. The standard InChI is InChI=1S/C12H18F3N3O2S/c1-8(2)16-5-9-6-17-18(11(9)12(13,14)15)10-3-4-21(19,20)7-10/h6,8,10,16H,3-5,7H2,1-2H3. The van der Waals surface area contributed by atoms with Crippen LogP contribution in [0.25, 0.3) is 0 Å². The van der Waals surface area contributed by atoms with Gasteiger partial charge in [0.05, 0.1) is 23.7 Å². The molecule has 9 heteroatoms. The smallest absolute Gasteiger partial charge is 0.310 e. The molecule has 1 unspecified atom stereocenters. The first kappa shape index (κ1) is 16.3. The Morgan fingerprint density at radius 1 is 1.48 bits per heavy atom. The van der Waals surface area contributed by atoms with Crippen molar-refractivity contribution in [2.24, 2.45) is 0 Å². The zero-order valence-electron chi connectivity index (χ0n) is 11.8. The Labute approximate surface area is 121 Å². The predicted octanol–water partition coefficient (Wildman–Crippen LogP) is 1.76. The first-order chi connectivity index (χ1) is 9.60. The SMILES string of the molecule is CC(C)NCc1cnn(C2CCS(=O)(=O)C2)c1C(F)(F)F. The number of hydrogen-bond acceptors (Lipinski definition) is 4. The van der Waals surface area contributed by atoms with Gasteiger partial charge >= 0.3 is 6.18 Å². The minimum absolute atomic E-state index is 0.0421. The van der Waals surface area contributed by atoms with Crippen LogP contribution in [-0.4, -0.2) is 35.7 Å². The van der Waals surface area contributed by atoms with Gasteiger partial charge in [-0.25, -0.2) is 8.42 Å². The fraction of sp³-hybridized carbons (Fsp3) is 0.750. The lowest BCUT2D eigenvalue weighted by Crippen LogP contribution is -2.25. The van der Waals surface area contributed by atoms with E-state index >= 15 is 0 Å². The van der Waals surface area contributed by atoms with Crippen LogP contribution in [0.3, 0.4) is 0 Å². The van der Waals surface area contributed by atoms with Gasteiger partial charge in [-0.05, 0) is 6.42 Å². The van der Waals surface area contributed by atoms with Crippen LogP contribution in [0, 0.1) is 0 Å². The molecule has 2 rings (SSSR count). The molecule has 0 amide bonds. The van der Waals surface area contributed by atoms with Gasteiger partial charge in [0, 0.05) is 18.2 Å². The molecule has 1 N–H and O–H groups in total. The fourth-order valence-corrected chi connectivity index (χ4v) is 4.09. The van der Waals surface area contributed by atoms with Crippen molar-refractivity contribution in [3.8, 4) is 0 Å². The molecule has 1 aliphatic rings. The molecule has 1 atom stereocenters. The Bertz CT molecular complexity index is 608. The van der Waals surface area contributed by atoms with Crippen LogP contribution in [0.15, 0.2) is 6.20 Å². The normalized spacial score (nSPS) is 22.1. The predicted molar refractivity (Wildman–Crippen MR) is 71.5 cm³/mol. The van der Waals surface area contributed by atoms with Crippen molar-refractivity contribution < 1.29 is 21.6 Å². The molecule has 1 aliphatic heterocycles. The molecular formula is C12H18F3N3O2S. The molecule has 5 nitrogen and oxygen atoms in total. The number of nitrogens with one attached hydrogen (secondary N) is 1. The van der Waals surface area contributed by atoms with Gasteiger partial charge in [-0.2, -0.15) is 18.3 Å². The molecular weight excluding hydrogens is 307 g/mol. The number of sulfone groups is 1. The van der Waals surface area contributed by atoms with Crippen molar-refractivity contribution >= 4 is 9.84 Å². The Kier molecular flexibility index (Phi) is 4.34. The van der Waals surface area contributed by atoms with Crippen LogP contribution < -0.4 is 5.32 Å². The minimum Gasteiger partial charge on any atom is -0.310 e. The van der Waals surface area contributed by atoms with Gasteiger partial charge in [-0.15, -0.1) is 0 Å². The molecule has 0 radical (unpaired) electrons. The lowest BCUT2D eigenvalue weighted by Gasteiger charge is -2.17. The van der Waals surface area contributed by atoms with Crippen molar-refractivity contribution in [1.82, 2.24) is 15.1 Å². The summed E-state index contributed by atoms with van der Waals surface area (Å²) in [6.07, 6.45) is -3.22. The lowest BCUT2D eigenvalue weighted by molar-refractivity contribution is -0.145. The summed E-state index contributed by atoms with van der Waals surface area (Å²) in [4.78, 5) is 0. The van der Waals surface area contributed by atoms with E-state index in [4.69, 9.17) is 0 Å². The number of halogens is 3. The van der Waals surface area contributed by atoms with Gasteiger partial charge in [0.15, 0.2) is 9.84 Å². The highest BCUT2D eigenvalue weighted by Crippen LogP contribution is 2.36. The second kappa shape index (κ2) is 5.60. The average Bonchev–Trinajstić information content (AvgIpc) is 2.88. The quantitative estimate of drug-likeness (QED) is 0.916. The van der Waals surface area contributed by atoms with Crippen LogP contribution >= 0.6 is 0 Å². The highest BCUT2D eigenvalue weighted by Gasteiger charge is 2.41. The Hall–Kier alpha value is -1.09. The van der Waals surface area contributed by atoms with Gasteiger partial charge in [-0.3, -0.25) is 4.68 Å². The molecule has 0 aromatic carbocycles. The zero-order valence-corrected chi connectivity index (χ0v) is 12.6. The summed E-state index contributed by atoms with van der Waals surface area (Å²) >= 11 is 0. The molecule has 120 valence electrons. The van der Waals surface area contributed by atoms with E-state index in [-0.39, 0.29) is 36.1 Å². The molecule has 1 aromatic rings. The first-order valence-corrected chi connectivity index (χ1v) is 8.49. The summed E-state index contributed by atoms with van der Waals surface area (Å²) in [6.45, 7) is 3.72. The molecule has 1 aromatic heterocycles. The van der Waals surface area contributed by atoms with E-state index in [1.54, 1.807) is 0 Å². The summed E-state index contributed by atoms with van der Waals surface area (Å²) in [5, 5.41) is 6.72. The van der Waals surface area contributed by atoms with Gasteiger partial charge in [0.1, 0.15) is 5.69 Å². The van der Waals surface area contributed by atoms with Crippen LogP contribution in [0.5, 0.6) is 0 Å². The van der Waals surface area contributed by atoms with E-state index in [1.165, 1.54) is 6.20 Å². The molecule has 21 heavy (non-hydrogen) atoms. The number of alkyl halides is 3. The highest BCUT2D eigenvalue weighted by molar-refractivity contribution is 7.91. The van der Waals surface area contributed by atoms with Crippen LogP contribution in [0.1, 0.15) is 37.6 Å². The maximum Gasteiger partial charge on any atom is 0.433 e. The van der Waals surface area contributed by atoms with Crippen LogP contribution in [0.2, 0.25) is 0 Å². The van der Waals surface area contributed by atoms with Crippen molar-refractivity contribution in [1.29, 1.82) is 0 Å². The van der Waals surface area contributed by atoms with Crippen molar-refractivity contribution in [3.05, 3.63) is 17.5 Å². The Morgan fingerprint density at radius 2 is 2.14 bits per heavy atom. The summed E-state index contributed by atoms with van der Waals surface area (Å²) in [6, 6.07) is -0.694. The van der Waals surface area contributed by atoms with Crippen molar-refractivity contribution in [2.75, 3.05) is 11.5 Å². The molecule has 0 saturated carbocycles. The van der Waals surface area contributed by atoms with Crippen LogP contribution in [-0.2, 0) is 22.6 Å². The van der Waals surface area contributed by atoms with E-state index in [2.05, 4.69) is 10.4 Å². The molecule has 2 heterocycles. The summed E-state index contributed by atoms with van der Waals surface area (Å²) in [5.41, 5.74) is -0.807. The molecule has 0 bridgehead atoms. The second-order valence-electron chi connectivity index (χ2n) is 5.55. The molecule has 0 aliphatic carbocycles. The molecule has 1 fully saturated rings.